The average molecular weight is 347 g/mol. The number of carbonyl (C=O) groups is 1. The van der Waals surface area contributed by atoms with Crippen molar-refractivity contribution in [3.05, 3.63) is 59.0 Å². The molecule has 8 heteroatoms. The number of amides is 1. The van der Waals surface area contributed by atoms with Crippen LogP contribution in [0.4, 0.5) is 0 Å². The molecule has 2 heterocycles. The Kier molecular flexibility index (Phi) is 4.48. The van der Waals surface area contributed by atoms with Crippen molar-refractivity contribution < 1.29 is 13.2 Å². The number of aromatic nitrogens is 2. The van der Waals surface area contributed by atoms with Gasteiger partial charge in [0.05, 0.1) is 10.1 Å². The van der Waals surface area contributed by atoms with Gasteiger partial charge in [-0.05, 0) is 24.6 Å². The van der Waals surface area contributed by atoms with Gasteiger partial charge in [0.15, 0.2) is 9.84 Å². The summed E-state index contributed by atoms with van der Waals surface area (Å²) in [6.45, 7) is 0.312. The molecule has 0 radical (unpaired) electrons. The summed E-state index contributed by atoms with van der Waals surface area (Å²) in [5.74, 6) is -0.304. The van der Waals surface area contributed by atoms with Crippen LogP contribution in [0.5, 0.6) is 0 Å². The summed E-state index contributed by atoms with van der Waals surface area (Å²) in [5.41, 5.74) is -0.362. The topological polar surface area (TPSA) is 89.3 Å². The van der Waals surface area contributed by atoms with Crippen molar-refractivity contribution in [2.75, 3.05) is 13.1 Å². The summed E-state index contributed by atoms with van der Waals surface area (Å²) in [5, 5.41) is 3.22. The fourth-order valence-electron chi connectivity index (χ4n) is 2.74. The van der Waals surface area contributed by atoms with E-state index in [2.05, 4.69) is 5.10 Å². The van der Waals surface area contributed by atoms with Crippen molar-refractivity contribution in [3.63, 3.8) is 0 Å². The highest BCUT2D eigenvalue weighted by atomic mass is 32.2. The third-order valence-corrected chi connectivity index (χ3v) is 6.27. The second-order valence-electron chi connectivity index (χ2n) is 5.63. The third kappa shape index (κ3) is 3.23. The number of rotatable bonds is 4. The van der Waals surface area contributed by atoms with Crippen LogP contribution < -0.4 is 5.56 Å². The van der Waals surface area contributed by atoms with Crippen LogP contribution in [0.2, 0.25) is 0 Å². The first kappa shape index (κ1) is 16.4. The number of likely N-dealkylation sites (tertiary alicyclic amines) is 1. The van der Waals surface area contributed by atoms with Gasteiger partial charge in [-0.2, -0.15) is 5.10 Å². The van der Waals surface area contributed by atoms with Crippen LogP contribution in [0.15, 0.2) is 58.4 Å². The van der Waals surface area contributed by atoms with Gasteiger partial charge in [0.1, 0.15) is 6.54 Å². The van der Waals surface area contributed by atoms with Gasteiger partial charge in [-0.1, -0.05) is 18.2 Å². The van der Waals surface area contributed by atoms with Crippen LogP contribution in [-0.2, 0) is 21.2 Å². The summed E-state index contributed by atoms with van der Waals surface area (Å²) in [6.07, 6.45) is 1.82. The zero-order valence-electron chi connectivity index (χ0n) is 12.9. The van der Waals surface area contributed by atoms with Crippen molar-refractivity contribution >= 4 is 15.7 Å². The lowest BCUT2D eigenvalue weighted by molar-refractivity contribution is -0.131. The molecule has 1 atom stereocenters. The van der Waals surface area contributed by atoms with E-state index in [0.29, 0.717) is 13.0 Å². The fourth-order valence-corrected chi connectivity index (χ4v) is 4.46. The second kappa shape index (κ2) is 6.56. The van der Waals surface area contributed by atoms with E-state index in [1.165, 1.54) is 23.2 Å². The van der Waals surface area contributed by atoms with Crippen molar-refractivity contribution in [3.8, 4) is 0 Å². The predicted octanol–water partition coefficient (Wildman–Crippen LogP) is 0.318. The first-order chi connectivity index (χ1) is 11.5. The largest absolute Gasteiger partial charge is 0.340 e. The standard InChI is InChI=1S/C16H17N3O4S/c20-15-7-4-9-17-19(15)12-16(21)18-10-8-14(11-18)24(22,23)13-5-2-1-3-6-13/h1-7,9,14H,8,10-12H2. The molecule has 1 aliphatic rings. The van der Waals surface area contributed by atoms with Crippen molar-refractivity contribution in [1.82, 2.24) is 14.7 Å². The smallest absolute Gasteiger partial charge is 0.267 e. The van der Waals surface area contributed by atoms with E-state index in [-0.39, 0.29) is 29.5 Å². The third-order valence-electron chi connectivity index (χ3n) is 4.08. The van der Waals surface area contributed by atoms with Gasteiger partial charge in [-0.3, -0.25) is 9.59 Å². The minimum Gasteiger partial charge on any atom is -0.340 e. The Balaban J connectivity index is 1.70. The lowest BCUT2D eigenvalue weighted by Gasteiger charge is -2.17. The van der Waals surface area contributed by atoms with E-state index in [0.717, 1.165) is 4.68 Å². The molecule has 7 nitrogen and oxygen atoms in total. The lowest BCUT2D eigenvalue weighted by atomic mass is 10.4. The van der Waals surface area contributed by atoms with Gasteiger partial charge in [0.25, 0.3) is 5.56 Å². The van der Waals surface area contributed by atoms with Crippen molar-refractivity contribution in [2.45, 2.75) is 23.1 Å². The molecular formula is C16H17N3O4S. The SMILES string of the molecule is O=C(Cn1ncccc1=O)N1CCC(S(=O)(=O)c2ccccc2)C1. The molecular weight excluding hydrogens is 330 g/mol. The highest BCUT2D eigenvalue weighted by molar-refractivity contribution is 7.92. The Morgan fingerprint density at radius 2 is 1.92 bits per heavy atom. The highest BCUT2D eigenvalue weighted by Crippen LogP contribution is 2.23. The molecule has 1 unspecified atom stereocenters. The summed E-state index contributed by atoms with van der Waals surface area (Å²) in [4.78, 5) is 25.7. The molecule has 1 aliphatic heterocycles. The molecule has 126 valence electrons. The fraction of sp³-hybridized carbons (Fsp3) is 0.312. The normalized spacial score (nSPS) is 17.8. The average Bonchev–Trinajstić information content (AvgIpc) is 3.09. The Hall–Kier alpha value is -2.48. The van der Waals surface area contributed by atoms with E-state index >= 15 is 0 Å². The summed E-state index contributed by atoms with van der Waals surface area (Å²) in [6, 6.07) is 11.1. The summed E-state index contributed by atoms with van der Waals surface area (Å²) >= 11 is 0. The molecule has 1 saturated heterocycles. The molecule has 1 aromatic carbocycles. The van der Waals surface area contributed by atoms with Gasteiger partial charge in [0, 0.05) is 25.4 Å². The van der Waals surface area contributed by atoms with E-state index < -0.39 is 15.1 Å². The molecule has 0 spiro atoms. The molecule has 1 amide bonds. The maximum atomic E-state index is 12.6. The maximum absolute atomic E-state index is 12.6. The summed E-state index contributed by atoms with van der Waals surface area (Å²) in [7, 11) is -3.46. The maximum Gasteiger partial charge on any atom is 0.267 e. The number of benzene rings is 1. The number of sulfone groups is 1. The van der Waals surface area contributed by atoms with E-state index in [1.807, 2.05) is 0 Å². The van der Waals surface area contributed by atoms with E-state index in [9.17, 15) is 18.0 Å². The molecule has 0 aliphatic carbocycles. The molecule has 1 aromatic heterocycles. The number of hydrogen-bond acceptors (Lipinski definition) is 5. The van der Waals surface area contributed by atoms with E-state index in [4.69, 9.17) is 0 Å². The van der Waals surface area contributed by atoms with Gasteiger partial charge >= 0.3 is 0 Å². The molecule has 2 aromatic rings. The number of nitrogens with zero attached hydrogens (tertiary/aromatic N) is 3. The first-order valence-corrected chi connectivity index (χ1v) is 9.12. The zero-order chi connectivity index (χ0) is 17.2. The van der Waals surface area contributed by atoms with Crippen LogP contribution in [0.3, 0.4) is 0 Å². The number of hydrogen-bond donors (Lipinski definition) is 0. The van der Waals surface area contributed by atoms with Crippen LogP contribution in [0.1, 0.15) is 6.42 Å². The van der Waals surface area contributed by atoms with Crippen molar-refractivity contribution in [2.24, 2.45) is 0 Å². The Bertz CT molecular complexity index is 893. The molecule has 3 rings (SSSR count). The highest BCUT2D eigenvalue weighted by Gasteiger charge is 2.36. The van der Waals surface area contributed by atoms with E-state index in [1.54, 1.807) is 30.3 Å². The van der Waals surface area contributed by atoms with Crippen molar-refractivity contribution in [1.29, 1.82) is 0 Å². The molecule has 0 saturated carbocycles. The number of carbonyl (C=O) groups excluding carboxylic acids is 1. The van der Waals surface area contributed by atoms with Gasteiger partial charge in [0.2, 0.25) is 5.91 Å². The van der Waals surface area contributed by atoms with Crippen LogP contribution in [-0.4, -0.2) is 47.3 Å². The quantitative estimate of drug-likeness (QED) is 0.794. The molecule has 1 fully saturated rings. The molecule has 0 bridgehead atoms. The minimum absolute atomic E-state index is 0.137. The van der Waals surface area contributed by atoms with Gasteiger partial charge in [-0.15, -0.1) is 0 Å². The Morgan fingerprint density at radius 3 is 2.62 bits per heavy atom. The summed E-state index contributed by atoms with van der Waals surface area (Å²) < 4.78 is 26.3. The monoisotopic (exact) mass is 347 g/mol. The Morgan fingerprint density at radius 1 is 1.17 bits per heavy atom. The second-order valence-corrected chi connectivity index (χ2v) is 7.86. The predicted molar refractivity (Wildman–Crippen MR) is 87.1 cm³/mol. The lowest BCUT2D eigenvalue weighted by Crippen LogP contribution is -2.37. The van der Waals surface area contributed by atoms with Crippen LogP contribution >= 0.6 is 0 Å². The molecule has 24 heavy (non-hydrogen) atoms. The minimum atomic E-state index is -3.46. The van der Waals surface area contributed by atoms with Gasteiger partial charge < -0.3 is 4.90 Å². The zero-order valence-corrected chi connectivity index (χ0v) is 13.7. The van der Waals surface area contributed by atoms with Crippen LogP contribution in [0.25, 0.3) is 0 Å². The Labute approximate surface area is 139 Å². The first-order valence-electron chi connectivity index (χ1n) is 7.57. The van der Waals surface area contributed by atoms with Crippen LogP contribution in [0, 0.1) is 0 Å². The van der Waals surface area contributed by atoms with Gasteiger partial charge in [-0.25, -0.2) is 13.1 Å². The molecule has 0 N–H and O–H groups in total.